The summed E-state index contributed by atoms with van der Waals surface area (Å²) in [6.07, 6.45) is 0. The summed E-state index contributed by atoms with van der Waals surface area (Å²) >= 11 is 3.94. The Labute approximate surface area is 103 Å². The molecule has 0 heterocycles. The number of aryl methyl sites for hydroxylation is 1. The summed E-state index contributed by atoms with van der Waals surface area (Å²) in [7, 11) is 0. The number of rotatable bonds is 4. The third kappa shape index (κ3) is 3.27. The molecule has 0 unspecified atom stereocenters. The van der Waals surface area contributed by atoms with Gasteiger partial charge in [0.05, 0.1) is 5.75 Å². The van der Waals surface area contributed by atoms with E-state index in [2.05, 4.69) is 50.8 Å². The van der Waals surface area contributed by atoms with Gasteiger partial charge in [-0.05, 0) is 18.1 Å². The van der Waals surface area contributed by atoms with Crippen molar-refractivity contribution in [1.82, 2.24) is 5.32 Å². The fourth-order valence-corrected chi connectivity index (χ4v) is 1.91. The van der Waals surface area contributed by atoms with Crippen LogP contribution in [0.1, 0.15) is 25.0 Å². The fourth-order valence-electron chi connectivity index (χ4n) is 1.80. The highest BCUT2D eigenvalue weighted by atomic mass is 32.1. The van der Waals surface area contributed by atoms with Crippen LogP contribution in [0.25, 0.3) is 0 Å². The van der Waals surface area contributed by atoms with Crippen molar-refractivity contribution in [3.05, 3.63) is 35.4 Å². The van der Waals surface area contributed by atoms with Crippen LogP contribution in [0.5, 0.6) is 0 Å². The third-order valence-electron chi connectivity index (χ3n) is 2.75. The topological polar surface area (TPSA) is 29.1 Å². The lowest BCUT2D eigenvalue weighted by Crippen LogP contribution is -2.37. The van der Waals surface area contributed by atoms with Gasteiger partial charge in [-0.1, -0.05) is 38.1 Å². The minimum Gasteiger partial charge on any atom is -0.355 e. The van der Waals surface area contributed by atoms with Crippen LogP contribution in [-0.2, 0) is 10.2 Å². The first kappa shape index (κ1) is 13.1. The van der Waals surface area contributed by atoms with Crippen LogP contribution < -0.4 is 5.32 Å². The molecule has 0 saturated heterocycles. The smallest absolute Gasteiger partial charge is 0.229 e. The van der Waals surface area contributed by atoms with Crippen LogP contribution in [0.3, 0.4) is 0 Å². The second-order valence-electron chi connectivity index (χ2n) is 4.63. The van der Waals surface area contributed by atoms with Crippen molar-refractivity contribution in [1.29, 1.82) is 0 Å². The van der Waals surface area contributed by atoms with Gasteiger partial charge in [0.15, 0.2) is 0 Å². The maximum absolute atomic E-state index is 11.2. The average molecular weight is 237 g/mol. The Morgan fingerprint density at radius 1 is 1.38 bits per heavy atom. The Bertz CT molecular complexity index is 374. The Hall–Kier alpha value is -0.960. The zero-order chi connectivity index (χ0) is 12.2. The van der Waals surface area contributed by atoms with Crippen LogP contribution in [0.4, 0.5) is 0 Å². The summed E-state index contributed by atoms with van der Waals surface area (Å²) in [5.74, 6) is 0.217. The quantitative estimate of drug-likeness (QED) is 0.773. The van der Waals surface area contributed by atoms with E-state index in [1.54, 1.807) is 0 Å². The van der Waals surface area contributed by atoms with Gasteiger partial charge in [-0.2, -0.15) is 12.6 Å². The number of carbonyl (C=O) groups excluding carboxylic acids is 1. The summed E-state index contributed by atoms with van der Waals surface area (Å²) in [5, 5.41) is 2.88. The van der Waals surface area contributed by atoms with E-state index in [-0.39, 0.29) is 17.1 Å². The number of thiol groups is 1. The van der Waals surface area contributed by atoms with Crippen LogP contribution in [0.2, 0.25) is 0 Å². The second kappa shape index (κ2) is 5.39. The van der Waals surface area contributed by atoms with Gasteiger partial charge in [-0.3, -0.25) is 4.79 Å². The Kier molecular flexibility index (Phi) is 4.42. The molecule has 0 aliphatic carbocycles. The molecule has 0 radical (unpaired) electrons. The molecule has 2 nitrogen and oxygen atoms in total. The molecule has 1 rings (SSSR count). The standard InChI is InChI=1S/C13H19NOS/c1-10-6-4-5-7-11(10)13(2,3)9-14-12(15)8-16/h4-7,16H,8-9H2,1-3H3,(H,14,15). The van der Waals surface area contributed by atoms with E-state index in [0.717, 1.165) is 0 Å². The maximum Gasteiger partial charge on any atom is 0.229 e. The van der Waals surface area contributed by atoms with E-state index in [4.69, 9.17) is 0 Å². The van der Waals surface area contributed by atoms with Gasteiger partial charge in [0.1, 0.15) is 0 Å². The van der Waals surface area contributed by atoms with E-state index in [9.17, 15) is 4.79 Å². The van der Waals surface area contributed by atoms with Gasteiger partial charge < -0.3 is 5.32 Å². The van der Waals surface area contributed by atoms with E-state index in [1.807, 2.05) is 12.1 Å². The van der Waals surface area contributed by atoms with Crippen molar-refractivity contribution in [2.24, 2.45) is 0 Å². The molecule has 0 aromatic heterocycles. The van der Waals surface area contributed by atoms with Gasteiger partial charge in [-0.15, -0.1) is 0 Å². The molecule has 16 heavy (non-hydrogen) atoms. The van der Waals surface area contributed by atoms with Crippen molar-refractivity contribution in [2.75, 3.05) is 12.3 Å². The molecule has 0 spiro atoms. The number of hydrogen-bond donors (Lipinski definition) is 2. The zero-order valence-corrected chi connectivity index (χ0v) is 11.0. The first-order valence-corrected chi connectivity index (χ1v) is 6.04. The summed E-state index contributed by atoms with van der Waals surface area (Å²) in [4.78, 5) is 11.2. The van der Waals surface area contributed by atoms with Crippen molar-refractivity contribution < 1.29 is 4.79 Å². The first-order chi connectivity index (χ1) is 7.47. The number of hydrogen-bond acceptors (Lipinski definition) is 2. The van der Waals surface area contributed by atoms with Crippen molar-refractivity contribution in [3.8, 4) is 0 Å². The molecule has 1 amide bonds. The number of nitrogens with one attached hydrogen (secondary N) is 1. The molecule has 0 aliphatic heterocycles. The van der Waals surface area contributed by atoms with Crippen LogP contribution in [0, 0.1) is 6.92 Å². The van der Waals surface area contributed by atoms with Crippen LogP contribution in [0.15, 0.2) is 24.3 Å². The zero-order valence-electron chi connectivity index (χ0n) is 10.1. The minimum atomic E-state index is -0.0516. The van der Waals surface area contributed by atoms with Crippen molar-refractivity contribution in [3.63, 3.8) is 0 Å². The average Bonchev–Trinajstić information content (AvgIpc) is 2.26. The molecule has 0 bridgehead atoms. The van der Waals surface area contributed by atoms with E-state index >= 15 is 0 Å². The Morgan fingerprint density at radius 3 is 2.56 bits per heavy atom. The predicted octanol–water partition coefficient (Wildman–Crippen LogP) is 2.32. The highest BCUT2D eigenvalue weighted by Gasteiger charge is 2.22. The molecule has 1 N–H and O–H groups in total. The van der Waals surface area contributed by atoms with Gasteiger partial charge in [0.25, 0.3) is 0 Å². The summed E-state index contributed by atoms with van der Waals surface area (Å²) in [6, 6.07) is 8.27. The van der Waals surface area contributed by atoms with E-state index < -0.39 is 0 Å². The first-order valence-electron chi connectivity index (χ1n) is 5.41. The van der Waals surface area contributed by atoms with Gasteiger partial charge >= 0.3 is 0 Å². The lowest BCUT2D eigenvalue weighted by molar-refractivity contribution is -0.118. The maximum atomic E-state index is 11.2. The highest BCUT2D eigenvalue weighted by Crippen LogP contribution is 2.25. The number of carbonyl (C=O) groups is 1. The summed E-state index contributed by atoms with van der Waals surface area (Å²) in [6.45, 7) is 7.00. The van der Waals surface area contributed by atoms with Gasteiger partial charge in [-0.25, -0.2) is 0 Å². The fraction of sp³-hybridized carbons (Fsp3) is 0.462. The molecule has 1 aromatic carbocycles. The minimum absolute atomic E-state index is 0.0232. The third-order valence-corrected chi connectivity index (χ3v) is 3.03. The predicted molar refractivity (Wildman–Crippen MR) is 71.1 cm³/mol. The Morgan fingerprint density at radius 2 is 2.00 bits per heavy atom. The molecule has 0 aliphatic rings. The van der Waals surface area contributed by atoms with Crippen LogP contribution in [-0.4, -0.2) is 18.2 Å². The normalized spacial score (nSPS) is 11.2. The molecular weight excluding hydrogens is 218 g/mol. The van der Waals surface area contributed by atoms with Crippen LogP contribution >= 0.6 is 12.6 Å². The lowest BCUT2D eigenvalue weighted by atomic mass is 9.82. The Balaban J connectivity index is 2.77. The largest absolute Gasteiger partial charge is 0.355 e. The second-order valence-corrected chi connectivity index (χ2v) is 4.95. The molecule has 88 valence electrons. The van der Waals surface area contributed by atoms with Gasteiger partial charge in [0.2, 0.25) is 5.91 Å². The lowest BCUT2D eigenvalue weighted by Gasteiger charge is -2.27. The molecule has 1 aromatic rings. The molecule has 3 heteroatoms. The van der Waals surface area contributed by atoms with Crippen molar-refractivity contribution >= 4 is 18.5 Å². The van der Waals surface area contributed by atoms with E-state index in [1.165, 1.54) is 11.1 Å². The van der Waals surface area contributed by atoms with Gasteiger partial charge in [0, 0.05) is 12.0 Å². The SMILES string of the molecule is Cc1ccccc1C(C)(C)CNC(=O)CS. The molecule has 0 fully saturated rings. The van der Waals surface area contributed by atoms with E-state index in [0.29, 0.717) is 6.54 Å². The summed E-state index contributed by atoms with van der Waals surface area (Å²) in [5.41, 5.74) is 2.48. The number of amides is 1. The monoisotopic (exact) mass is 237 g/mol. The summed E-state index contributed by atoms with van der Waals surface area (Å²) < 4.78 is 0. The highest BCUT2D eigenvalue weighted by molar-refractivity contribution is 7.81. The molecular formula is C13H19NOS. The number of benzene rings is 1. The van der Waals surface area contributed by atoms with Crippen molar-refractivity contribution in [2.45, 2.75) is 26.2 Å². The molecule has 0 atom stereocenters. The molecule has 0 saturated carbocycles.